The summed E-state index contributed by atoms with van der Waals surface area (Å²) in [6, 6.07) is 2.67. The number of nitrogens with one attached hydrogen (secondary N) is 1. The molecule has 5 rings (SSSR count). The van der Waals surface area contributed by atoms with E-state index in [4.69, 9.17) is 15.5 Å². The van der Waals surface area contributed by atoms with E-state index in [2.05, 4.69) is 15.5 Å². The zero-order chi connectivity index (χ0) is 32.0. The van der Waals surface area contributed by atoms with Gasteiger partial charge in [0.2, 0.25) is 11.8 Å². The van der Waals surface area contributed by atoms with Gasteiger partial charge in [-0.3, -0.25) is 14.3 Å². The number of amides is 2. The minimum absolute atomic E-state index is 0.0848. The highest BCUT2D eigenvalue weighted by atomic mass is 19.4. The molecule has 0 spiro atoms. The number of aromatic nitrogens is 5. The summed E-state index contributed by atoms with van der Waals surface area (Å²) in [4.78, 5) is 29.5. The van der Waals surface area contributed by atoms with Gasteiger partial charge < -0.3 is 15.8 Å². The van der Waals surface area contributed by atoms with Crippen LogP contribution in [0.3, 0.4) is 0 Å². The highest BCUT2D eigenvalue weighted by molar-refractivity contribution is 5.91. The van der Waals surface area contributed by atoms with E-state index in [0.29, 0.717) is 22.6 Å². The Morgan fingerprint density at radius 1 is 1.09 bits per heavy atom. The lowest BCUT2D eigenvalue weighted by Crippen LogP contribution is -2.36. The van der Waals surface area contributed by atoms with Crippen LogP contribution < -0.4 is 11.1 Å². The molecule has 2 aliphatic carbocycles. The van der Waals surface area contributed by atoms with E-state index in [1.807, 2.05) is 13.8 Å². The second kappa shape index (κ2) is 12.1. The normalized spacial score (nSPS) is 19.7. The Balaban J connectivity index is 1.44. The zero-order valence-corrected chi connectivity index (χ0v) is 24.7. The number of carbonyl (C=O) groups is 2. The zero-order valence-electron chi connectivity index (χ0n) is 24.7. The van der Waals surface area contributed by atoms with Crippen molar-refractivity contribution in [3.05, 3.63) is 47.2 Å². The minimum Gasteiger partial charge on any atom is -0.364 e. The molecule has 0 aliphatic heterocycles. The molecular formula is C29H36F5N7O3. The molecule has 44 heavy (non-hydrogen) atoms. The third-order valence-electron chi connectivity index (χ3n) is 8.42. The number of fused-ring (bicyclic) bond motifs is 1. The van der Waals surface area contributed by atoms with Crippen molar-refractivity contribution in [1.29, 1.82) is 0 Å². The number of ether oxygens (including phenoxy) is 1. The Bertz CT molecular complexity index is 1500. The number of hydrogen-bond donors (Lipinski definition) is 2. The molecule has 2 saturated carbocycles. The standard InChI is InChI=1S/C29H36F5N7O3/c1-15(2)41-22(27(35)43)11-20(39-41)25(17-6-8-28(30,31)9-7-17)21-13-40-23(37-21)10-19(12-36-40)26(18-4-5-18)38-24(42)14-44-16(3)29(32,33)34/h10-13,15-18,25-26H,4-9,14H2,1-3H3,(H2,35,43)(H,38,42)/t16-,25+,26+/m0/s1. The Morgan fingerprint density at radius 2 is 1.77 bits per heavy atom. The van der Waals surface area contributed by atoms with Gasteiger partial charge in [0.25, 0.3) is 5.91 Å². The lowest BCUT2D eigenvalue weighted by molar-refractivity contribution is -0.213. The van der Waals surface area contributed by atoms with Gasteiger partial charge >= 0.3 is 6.18 Å². The van der Waals surface area contributed by atoms with Crippen LogP contribution in [-0.4, -0.2) is 61.0 Å². The number of halogens is 5. The van der Waals surface area contributed by atoms with Crippen molar-refractivity contribution in [3.8, 4) is 0 Å². The first-order valence-electron chi connectivity index (χ1n) is 14.7. The van der Waals surface area contributed by atoms with Gasteiger partial charge in [0.15, 0.2) is 11.8 Å². The fourth-order valence-corrected chi connectivity index (χ4v) is 5.82. The van der Waals surface area contributed by atoms with E-state index in [1.54, 1.807) is 24.5 Å². The van der Waals surface area contributed by atoms with Gasteiger partial charge in [-0.25, -0.2) is 18.3 Å². The van der Waals surface area contributed by atoms with Crippen molar-refractivity contribution in [2.45, 2.75) is 95.5 Å². The van der Waals surface area contributed by atoms with Crippen molar-refractivity contribution < 1.29 is 36.3 Å². The van der Waals surface area contributed by atoms with E-state index < -0.39 is 48.6 Å². The molecule has 2 amide bonds. The Hall–Kier alpha value is -3.62. The van der Waals surface area contributed by atoms with Crippen LogP contribution in [0, 0.1) is 11.8 Å². The molecule has 0 aromatic carbocycles. The smallest absolute Gasteiger partial charge is 0.364 e. The van der Waals surface area contributed by atoms with E-state index in [9.17, 15) is 31.5 Å². The molecular weight excluding hydrogens is 589 g/mol. The number of rotatable bonds is 11. The van der Waals surface area contributed by atoms with Gasteiger partial charge in [-0.1, -0.05) is 0 Å². The van der Waals surface area contributed by atoms with Gasteiger partial charge in [0.1, 0.15) is 12.3 Å². The van der Waals surface area contributed by atoms with Crippen molar-refractivity contribution in [2.24, 2.45) is 17.6 Å². The summed E-state index contributed by atoms with van der Waals surface area (Å²) in [5, 5.41) is 11.9. The molecule has 0 saturated heterocycles. The van der Waals surface area contributed by atoms with Crippen LogP contribution in [0.4, 0.5) is 22.0 Å². The number of hydrogen-bond acceptors (Lipinski definition) is 6. The summed E-state index contributed by atoms with van der Waals surface area (Å²) in [6.45, 7) is 3.81. The fraction of sp³-hybridized carbons (Fsp3) is 0.621. The SMILES string of the molecule is CC(C)n1nc([C@H](c2cn3ncc([C@H](NC(=O)CO[C@@H](C)C(F)(F)F)C4CC4)cc3n2)C2CCC(F)(F)CC2)cc1C(N)=O. The monoisotopic (exact) mass is 625 g/mol. The van der Waals surface area contributed by atoms with Crippen molar-refractivity contribution in [3.63, 3.8) is 0 Å². The van der Waals surface area contributed by atoms with Crippen LogP contribution in [0.25, 0.3) is 5.65 Å². The Labute approximate surface area is 250 Å². The minimum atomic E-state index is -4.58. The second-order valence-corrected chi connectivity index (χ2v) is 12.2. The lowest BCUT2D eigenvalue weighted by atomic mass is 9.76. The number of imidazole rings is 1. The Kier molecular flexibility index (Phi) is 8.71. The molecule has 0 bridgehead atoms. The average Bonchev–Trinajstić information content (AvgIpc) is 3.54. The quantitative estimate of drug-likeness (QED) is 0.286. The molecule has 0 radical (unpaired) electrons. The summed E-state index contributed by atoms with van der Waals surface area (Å²) >= 11 is 0. The number of alkyl halides is 5. The van der Waals surface area contributed by atoms with Crippen LogP contribution in [0.15, 0.2) is 24.5 Å². The van der Waals surface area contributed by atoms with Gasteiger partial charge in [-0.15, -0.1) is 0 Å². The van der Waals surface area contributed by atoms with Crippen LogP contribution in [-0.2, 0) is 9.53 Å². The summed E-state index contributed by atoms with van der Waals surface area (Å²) in [7, 11) is 0. The highest BCUT2D eigenvalue weighted by Gasteiger charge is 2.41. The molecule has 3 atom stereocenters. The maximum atomic E-state index is 14.1. The molecule has 240 valence electrons. The maximum absolute atomic E-state index is 14.1. The summed E-state index contributed by atoms with van der Waals surface area (Å²) in [5.74, 6) is -4.74. The number of primary amides is 1. The topological polar surface area (TPSA) is 129 Å². The van der Waals surface area contributed by atoms with Gasteiger partial charge in [-0.05, 0) is 76.0 Å². The first-order valence-corrected chi connectivity index (χ1v) is 14.7. The summed E-state index contributed by atoms with van der Waals surface area (Å²) in [5.41, 5.74) is 7.94. The molecule has 3 aromatic heterocycles. The Morgan fingerprint density at radius 3 is 2.34 bits per heavy atom. The highest BCUT2D eigenvalue weighted by Crippen LogP contribution is 2.45. The van der Waals surface area contributed by atoms with Crippen molar-refractivity contribution >= 4 is 17.5 Å². The second-order valence-electron chi connectivity index (χ2n) is 12.2. The lowest BCUT2D eigenvalue weighted by Gasteiger charge is -2.32. The molecule has 2 fully saturated rings. The largest absolute Gasteiger partial charge is 0.414 e. The fourth-order valence-electron chi connectivity index (χ4n) is 5.82. The van der Waals surface area contributed by atoms with Crippen LogP contribution >= 0.6 is 0 Å². The predicted octanol–water partition coefficient (Wildman–Crippen LogP) is 5.10. The predicted molar refractivity (Wildman–Crippen MR) is 148 cm³/mol. The van der Waals surface area contributed by atoms with Crippen molar-refractivity contribution in [2.75, 3.05) is 6.61 Å². The summed E-state index contributed by atoms with van der Waals surface area (Å²) in [6.07, 6.45) is -1.82. The van der Waals surface area contributed by atoms with E-state index in [1.165, 1.54) is 9.20 Å². The molecule has 3 N–H and O–H groups in total. The van der Waals surface area contributed by atoms with Gasteiger partial charge in [0.05, 0.1) is 29.8 Å². The van der Waals surface area contributed by atoms with Gasteiger partial charge in [0, 0.05) is 24.8 Å². The van der Waals surface area contributed by atoms with Crippen LogP contribution in [0.1, 0.15) is 105 Å². The first kappa shape index (κ1) is 31.8. The van der Waals surface area contributed by atoms with E-state index >= 15 is 0 Å². The van der Waals surface area contributed by atoms with Crippen LogP contribution in [0.5, 0.6) is 0 Å². The summed E-state index contributed by atoms with van der Waals surface area (Å²) < 4.78 is 74.4. The number of carbonyl (C=O) groups excluding carboxylic acids is 2. The van der Waals surface area contributed by atoms with E-state index in [0.717, 1.165) is 19.8 Å². The first-order chi connectivity index (χ1) is 20.6. The molecule has 10 nitrogen and oxygen atoms in total. The van der Waals surface area contributed by atoms with E-state index in [-0.39, 0.29) is 49.3 Å². The molecule has 15 heteroatoms. The van der Waals surface area contributed by atoms with Crippen LogP contribution in [0.2, 0.25) is 0 Å². The van der Waals surface area contributed by atoms with Gasteiger partial charge in [-0.2, -0.15) is 23.4 Å². The third-order valence-corrected chi connectivity index (χ3v) is 8.42. The number of nitrogens with two attached hydrogens (primary N) is 1. The molecule has 0 unspecified atom stereocenters. The average molecular weight is 626 g/mol. The third kappa shape index (κ3) is 7.02. The molecule has 3 aromatic rings. The molecule has 2 aliphatic rings. The number of nitrogens with zero attached hydrogens (tertiary/aromatic N) is 5. The maximum Gasteiger partial charge on any atom is 0.414 e. The van der Waals surface area contributed by atoms with Crippen molar-refractivity contribution in [1.82, 2.24) is 29.7 Å². The molecule has 3 heterocycles.